The van der Waals surface area contributed by atoms with E-state index in [0.29, 0.717) is 12.2 Å². The number of ether oxygens (including phenoxy) is 1. The van der Waals surface area contributed by atoms with Gasteiger partial charge in [-0.05, 0) is 25.8 Å². The van der Waals surface area contributed by atoms with Crippen molar-refractivity contribution < 1.29 is 18.4 Å². The first-order valence-electron chi connectivity index (χ1n) is 5.47. The first kappa shape index (κ1) is 15.3. The van der Waals surface area contributed by atoms with Crippen LogP contribution in [-0.4, -0.2) is 35.6 Å². The van der Waals surface area contributed by atoms with Crippen molar-refractivity contribution in [3.05, 3.63) is 12.2 Å². The zero-order valence-corrected chi connectivity index (χ0v) is 11.4. The highest BCUT2D eigenvalue weighted by atomic mass is 28.3. The highest BCUT2D eigenvalue weighted by Gasteiger charge is 2.13. The summed E-state index contributed by atoms with van der Waals surface area (Å²) in [5.41, 5.74) is 0.430. The van der Waals surface area contributed by atoms with Gasteiger partial charge in [0.2, 0.25) is 0 Å². The molecule has 0 aromatic rings. The maximum absolute atomic E-state index is 11.1. The van der Waals surface area contributed by atoms with Crippen LogP contribution in [0.1, 0.15) is 26.7 Å². The molecule has 0 atom stereocenters. The summed E-state index contributed by atoms with van der Waals surface area (Å²) in [6, 6.07) is 0.824. The molecule has 0 amide bonds. The second kappa shape index (κ2) is 9.56. The summed E-state index contributed by atoms with van der Waals surface area (Å²) < 4.78 is 15.7. The number of rotatable bonds is 9. The largest absolute Gasteiger partial charge is 0.462 e. The van der Waals surface area contributed by atoms with Crippen LogP contribution in [0.25, 0.3) is 0 Å². The summed E-state index contributed by atoms with van der Waals surface area (Å²) in [6.45, 7) is 8.33. The second-order valence-electron chi connectivity index (χ2n) is 3.44. The third-order valence-electron chi connectivity index (χ3n) is 1.80. The second-order valence-corrected chi connectivity index (χ2v) is 5.39. The minimum absolute atomic E-state index is 0.333. The maximum atomic E-state index is 11.1. The van der Waals surface area contributed by atoms with Crippen molar-refractivity contribution in [1.29, 1.82) is 0 Å². The zero-order chi connectivity index (χ0) is 12.4. The lowest BCUT2D eigenvalue weighted by Crippen LogP contribution is -2.22. The molecule has 0 aromatic heterocycles. The number of hydrogen-bond acceptors (Lipinski definition) is 4. The number of esters is 1. The van der Waals surface area contributed by atoms with E-state index in [2.05, 4.69) is 13.5 Å². The molecule has 0 bridgehead atoms. The van der Waals surface area contributed by atoms with Crippen LogP contribution >= 0.6 is 0 Å². The van der Waals surface area contributed by atoms with Crippen LogP contribution in [0, 0.1) is 0 Å². The van der Waals surface area contributed by atoms with Crippen molar-refractivity contribution in [2.24, 2.45) is 0 Å². The first-order valence-corrected chi connectivity index (χ1v) is 6.99. The van der Waals surface area contributed by atoms with E-state index in [1.165, 1.54) is 0 Å². The molecule has 0 aliphatic carbocycles. The monoisotopic (exact) mass is 245 g/mol. The standard InChI is InChI=1S/C11H21O4Si/c1-5-7-15-16(13-4)9-6-8-14-11(12)10(2)3/h2,5-9H2,1,3-4H3. The highest BCUT2D eigenvalue weighted by molar-refractivity contribution is 6.44. The van der Waals surface area contributed by atoms with Gasteiger partial charge in [-0.2, -0.15) is 0 Å². The molecule has 0 saturated carbocycles. The smallest absolute Gasteiger partial charge is 0.384 e. The van der Waals surface area contributed by atoms with E-state index >= 15 is 0 Å². The fraction of sp³-hybridized carbons (Fsp3) is 0.727. The van der Waals surface area contributed by atoms with Crippen molar-refractivity contribution in [2.75, 3.05) is 20.3 Å². The third kappa shape index (κ3) is 7.61. The van der Waals surface area contributed by atoms with Crippen LogP contribution in [0.5, 0.6) is 0 Å². The van der Waals surface area contributed by atoms with Gasteiger partial charge in [-0.1, -0.05) is 13.5 Å². The molecule has 0 spiro atoms. The van der Waals surface area contributed by atoms with E-state index in [-0.39, 0.29) is 5.97 Å². The summed E-state index contributed by atoms with van der Waals surface area (Å²) in [7, 11) is 0.479. The minimum Gasteiger partial charge on any atom is -0.462 e. The van der Waals surface area contributed by atoms with Crippen LogP contribution in [0.2, 0.25) is 6.04 Å². The van der Waals surface area contributed by atoms with Crippen molar-refractivity contribution >= 4 is 15.3 Å². The summed E-state index contributed by atoms with van der Waals surface area (Å²) >= 11 is 0. The van der Waals surface area contributed by atoms with E-state index < -0.39 is 9.28 Å². The van der Waals surface area contributed by atoms with E-state index in [0.717, 1.165) is 25.5 Å². The van der Waals surface area contributed by atoms with Crippen LogP contribution in [0.3, 0.4) is 0 Å². The minimum atomic E-state index is -1.18. The maximum Gasteiger partial charge on any atom is 0.384 e. The van der Waals surface area contributed by atoms with Gasteiger partial charge in [0.05, 0.1) is 6.61 Å². The lowest BCUT2D eigenvalue weighted by Gasteiger charge is -2.11. The summed E-state index contributed by atoms with van der Waals surface area (Å²) in [6.07, 6.45) is 1.76. The molecule has 0 aromatic carbocycles. The molecular weight excluding hydrogens is 224 g/mol. The molecule has 5 heteroatoms. The van der Waals surface area contributed by atoms with Gasteiger partial charge in [-0.15, -0.1) is 0 Å². The van der Waals surface area contributed by atoms with Gasteiger partial charge in [0.1, 0.15) is 0 Å². The summed E-state index contributed by atoms with van der Waals surface area (Å²) in [4.78, 5) is 11.1. The Balaban J connectivity index is 3.55. The van der Waals surface area contributed by atoms with Gasteiger partial charge in [-0.3, -0.25) is 0 Å². The SMILES string of the molecule is C=C(C)C(=O)OCCC[Si](OC)OCCC. The number of hydrogen-bond donors (Lipinski definition) is 0. The molecule has 0 rings (SSSR count). The Hall–Kier alpha value is -0.653. The Morgan fingerprint density at radius 2 is 2.06 bits per heavy atom. The summed E-state index contributed by atoms with van der Waals surface area (Å²) in [5.74, 6) is -0.333. The predicted octanol–water partition coefficient (Wildman–Crippen LogP) is 2.06. The molecule has 4 nitrogen and oxygen atoms in total. The highest BCUT2D eigenvalue weighted by Crippen LogP contribution is 2.03. The lowest BCUT2D eigenvalue weighted by atomic mass is 10.4. The first-order chi connectivity index (χ1) is 7.61. The number of carbonyl (C=O) groups excluding carboxylic acids is 1. The van der Waals surface area contributed by atoms with Gasteiger partial charge < -0.3 is 13.6 Å². The van der Waals surface area contributed by atoms with Crippen molar-refractivity contribution in [3.8, 4) is 0 Å². The Kier molecular flexibility index (Phi) is 9.17. The average molecular weight is 245 g/mol. The van der Waals surface area contributed by atoms with Gasteiger partial charge in [0, 0.05) is 19.3 Å². The molecule has 16 heavy (non-hydrogen) atoms. The van der Waals surface area contributed by atoms with Crippen LogP contribution in [0.15, 0.2) is 12.2 Å². The molecular formula is C11H21O4Si. The average Bonchev–Trinajstić information content (AvgIpc) is 2.27. The zero-order valence-electron chi connectivity index (χ0n) is 10.4. The van der Waals surface area contributed by atoms with Crippen LogP contribution in [-0.2, 0) is 18.4 Å². The van der Waals surface area contributed by atoms with Crippen LogP contribution in [0.4, 0.5) is 0 Å². The fourth-order valence-electron chi connectivity index (χ4n) is 0.954. The molecule has 1 radical (unpaired) electrons. The molecule has 0 N–H and O–H groups in total. The topological polar surface area (TPSA) is 44.8 Å². The predicted molar refractivity (Wildman–Crippen MR) is 64.2 cm³/mol. The number of carbonyl (C=O) groups is 1. The molecule has 0 heterocycles. The van der Waals surface area contributed by atoms with Gasteiger partial charge in [0.15, 0.2) is 0 Å². The van der Waals surface area contributed by atoms with Gasteiger partial charge >= 0.3 is 15.3 Å². The Morgan fingerprint density at radius 3 is 2.56 bits per heavy atom. The molecule has 0 aliphatic heterocycles. The molecule has 0 aliphatic rings. The molecule has 0 fully saturated rings. The van der Waals surface area contributed by atoms with Crippen molar-refractivity contribution in [3.63, 3.8) is 0 Å². The Bertz CT molecular complexity index is 218. The van der Waals surface area contributed by atoms with E-state index in [9.17, 15) is 4.79 Å². The van der Waals surface area contributed by atoms with Crippen molar-refractivity contribution in [1.82, 2.24) is 0 Å². The lowest BCUT2D eigenvalue weighted by molar-refractivity contribution is -0.138. The third-order valence-corrected chi connectivity index (χ3v) is 3.54. The van der Waals surface area contributed by atoms with E-state index in [1.54, 1.807) is 14.0 Å². The molecule has 93 valence electrons. The Morgan fingerprint density at radius 1 is 1.38 bits per heavy atom. The van der Waals surface area contributed by atoms with Crippen molar-refractivity contribution in [2.45, 2.75) is 32.7 Å². The van der Waals surface area contributed by atoms with Gasteiger partial charge in [0.25, 0.3) is 0 Å². The van der Waals surface area contributed by atoms with E-state index in [1.807, 2.05) is 0 Å². The molecule has 0 saturated heterocycles. The quantitative estimate of drug-likeness (QED) is 0.270. The summed E-state index contributed by atoms with van der Waals surface area (Å²) in [5, 5.41) is 0. The molecule has 0 unspecified atom stereocenters. The Labute approximate surface area is 99.4 Å². The normalized spacial score (nSPS) is 10.5. The van der Waals surface area contributed by atoms with Gasteiger partial charge in [-0.25, -0.2) is 4.79 Å². The fourth-order valence-corrected chi connectivity index (χ4v) is 2.28. The van der Waals surface area contributed by atoms with Crippen LogP contribution < -0.4 is 0 Å². The van der Waals surface area contributed by atoms with E-state index in [4.69, 9.17) is 13.6 Å².